The zero-order valence-corrected chi connectivity index (χ0v) is 35.2. The van der Waals surface area contributed by atoms with E-state index >= 15 is 0 Å². The Kier molecular flexibility index (Phi) is 14.5. The molecule has 1 amide bonds. The van der Waals surface area contributed by atoms with Crippen molar-refractivity contribution in [2.75, 3.05) is 19.8 Å². The second kappa shape index (κ2) is 19.9. The molecule has 0 bridgehead atoms. The number of benzene rings is 4. The minimum atomic E-state index is -1.35. The summed E-state index contributed by atoms with van der Waals surface area (Å²) in [5, 5.41) is 35.6. The zero-order chi connectivity index (χ0) is 42.8. The number of carbonyl (C=O) groups excluding carboxylic acids is 1. The van der Waals surface area contributed by atoms with Gasteiger partial charge in [0.05, 0.1) is 22.6 Å². The monoisotopic (exact) mass is 830 g/mol. The van der Waals surface area contributed by atoms with Gasteiger partial charge in [0, 0.05) is 43.2 Å². The number of carboxylic acid groups (broad SMARTS) is 1. The second-order valence-corrected chi connectivity index (χ2v) is 16.0. The molecule has 4 N–H and O–H groups in total. The fraction of sp³-hybridized carbons (Fsp3) is 0.333. The predicted octanol–water partition coefficient (Wildman–Crippen LogP) is 8.88. The number of rotatable bonds is 17. The average molecular weight is 831 g/mol. The Morgan fingerprint density at radius 2 is 1.70 bits per heavy atom. The molecule has 0 radical (unpaired) electrons. The lowest BCUT2D eigenvalue weighted by Gasteiger charge is -2.26. The average Bonchev–Trinajstić information content (AvgIpc) is 3.26. The lowest BCUT2D eigenvalue weighted by atomic mass is 9.85. The van der Waals surface area contributed by atoms with E-state index in [0.717, 1.165) is 51.8 Å². The number of ether oxygens (including phenoxy) is 3. The first-order valence-electron chi connectivity index (χ1n) is 20.1. The van der Waals surface area contributed by atoms with E-state index in [1.54, 1.807) is 24.4 Å². The number of carbonyl (C=O) groups is 2. The van der Waals surface area contributed by atoms with Gasteiger partial charge in [0.1, 0.15) is 37.4 Å². The van der Waals surface area contributed by atoms with E-state index < -0.39 is 18.0 Å². The molecule has 1 aliphatic rings. The smallest absolute Gasteiger partial charge is 0.407 e. The molecule has 4 aromatic carbocycles. The highest BCUT2D eigenvalue weighted by molar-refractivity contribution is 6.32. The van der Waals surface area contributed by atoms with Crippen molar-refractivity contribution in [3.05, 3.63) is 135 Å². The van der Waals surface area contributed by atoms with Crippen molar-refractivity contribution >= 4 is 23.7 Å². The molecule has 1 aromatic heterocycles. The molecule has 60 heavy (non-hydrogen) atoms. The number of aryl methyl sites for hydroxylation is 1. The fourth-order valence-corrected chi connectivity index (χ4v) is 7.56. The van der Waals surface area contributed by atoms with Gasteiger partial charge in [-0.1, -0.05) is 67.1 Å². The van der Waals surface area contributed by atoms with Crippen LogP contribution in [-0.2, 0) is 42.1 Å². The Balaban J connectivity index is 1.20. The summed E-state index contributed by atoms with van der Waals surface area (Å²) in [6, 6.07) is 26.4. The number of hydrogen-bond donors (Lipinski definition) is 4. The summed E-state index contributed by atoms with van der Waals surface area (Å²) in [4.78, 5) is 28.0. The topological polar surface area (TPSA) is 163 Å². The quantitative estimate of drug-likeness (QED) is 0.0712. The molecule has 0 aliphatic carbocycles. The number of amides is 1. The molecule has 2 heterocycles. The van der Waals surface area contributed by atoms with Gasteiger partial charge < -0.3 is 35.1 Å². The van der Waals surface area contributed by atoms with Crippen LogP contribution in [-0.4, -0.2) is 53.1 Å². The standard InChI is InChI=1S/C48H51ClN4O7/c1-5-16-52-47(57)60-28-39-19-34-12-13-35(18-38(34)25-53-39)40-9-7-11-42(31(40)3)41-10-6-8-37(30(41)2)27-59-45-21-44(58-26-33-17-32(22-50)23-51-24-33)36(20-43(45)49)14-15-48(4,29-54)46(55)56/h6-13,17-18,20-21,23-24,39,53-54H,5,14-16,19,25-29H2,1-4H3,(H,52,57)(H,55,56)/t39?,48-/m0/s1. The van der Waals surface area contributed by atoms with Crippen LogP contribution in [0.3, 0.4) is 0 Å². The lowest BCUT2D eigenvalue weighted by Crippen LogP contribution is -2.40. The minimum Gasteiger partial charge on any atom is -0.488 e. The third-order valence-electron chi connectivity index (χ3n) is 11.2. The second-order valence-electron chi connectivity index (χ2n) is 15.5. The Labute approximate surface area is 356 Å². The van der Waals surface area contributed by atoms with Gasteiger partial charge >= 0.3 is 12.1 Å². The molecule has 312 valence electrons. The minimum absolute atomic E-state index is 0.0579. The van der Waals surface area contributed by atoms with E-state index in [2.05, 4.69) is 78.0 Å². The summed E-state index contributed by atoms with van der Waals surface area (Å²) in [5.74, 6) is -0.260. The highest BCUT2D eigenvalue weighted by atomic mass is 35.5. The van der Waals surface area contributed by atoms with Crippen molar-refractivity contribution in [2.45, 2.75) is 79.2 Å². The van der Waals surface area contributed by atoms with Gasteiger partial charge in [0.25, 0.3) is 0 Å². The van der Waals surface area contributed by atoms with Crippen LogP contribution in [0.5, 0.6) is 11.5 Å². The molecule has 6 rings (SSSR count). The number of nitriles is 1. The number of alkyl carbamates (subject to hydrolysis) is 1. The van der Waals surface area contributed by atoms with E-state index in [1.807, 2.05) is 19.1 Å². The van der Waals surface area contributed by atoms with Crippen LogP contribution >= 0.6 is 11.6 Å². The van der Waals surface area contributed by atoms with Crippen LogP contribution in [0.4, 0.5) is 4.79 Å². The highest BCUT2D eigenvalue weighted by Crippen LogP contribution is 2.38. The van der Waals surface area contributed by atoms with Crippen molar-refractivity contribution in [2.24, 2.45) is 5.41 Å². The SMILES string of the molecule is CCCNC(=O)OCC1Cc2ccc(-c3cccc(-c4cccc(COc5cc(OCc6cncc(C#N)c6)c(CC[C@@](C)(CO)C(=O)O)cc5Cl)c4C)c3C)cc2CN1. The summed E-state index contributed by atoms with van der Waals surface area (Å²) in [5.41, 5.74) is 10.5. The van der Waals surface area contributed by atoms with Crippen molar-refractivity contribution in [1.29, 1.82) is 5.26 Å². The molecule has 0 saturated carbocycles. The van der Waals surface area contributed by atoms with E-state index in [9.17, 15) is 25.1 Å². The number of nitrogens with one attached hydrogen (secondary N) is 2. The maximum Gasteiger partial charge on any atom is 0.407 e. The molecule has 0 fully saturated rings. The number of nitrogens with zero attached hydrogens (tertiary/aromatic N) is 2. The molecule has 0 saturated heterocycles. The number of pyridine rings is 1. The molecule has 5 aromatic rings. The molecule has 11 nitrogen and oxygen atoms in total. The van der Waals surface area contributed by atoms with Crippen LogP contribution in [0.2, 0.25) is 5.02 Å². The summed E-state index contributed by atoms with van der Waals surface area (Å²) in [6.07, 6.45) is 4.76. The van der Waals surface area contributed by atoms with Crippen LogP contribution in [0.1, 0.15) is 71.2 Å². The molecule has 12 heteroatoms. The Bertz CT molecular complexity index is 2400. The van der Waals surface area contributed by atoms with E-state index in [1.165, 1.54) is 24.2 Å². The van der Waals surface area contributed by atoms with Gasteiger partial charge in [-0.3, -0.25) is 9.78 Å². The summed E-state index contributed by atoms with van der Waals surface area (Å²) in [7, 11) is 0. The van der Waals surface area contributed by atoms with Crippen molar-refractivity contribution < 1.29 is 34.0 Å². The molecular weight excluding hydrogens is 780 g/mol. The van der Waals surface area contributed by atoms with E-state index in [-0.39, 0.29) is 38.2 Å². The van der Waals surface area contributed by atoms with Crippen LogP contribution in [0, 0.1) is 30.6 Å². The van der Waals surface area contributed by atoms with Gasteiger partial charge in [-0.05, 0) is 120 Å². The predicted molar refractivity (Wildman–Crippen MR) is 231 cm³/mol. The van der Waals surface area contributed by atoms with E-state index in [4.69, 9.17) is 25.8 Å². The largest absolute Gasteiger partial charge is 0.488 e. The number of aliphatic carboxylic acids is 1. The first-order chi connectivity index (χ1) is 28.9. The van der Waals surface area contributed by atoms with Gasteiger partial charge in [-0.15, -0.1) is 0 Å². The fourth-order valence-electron chi connectivity index (χ4n) is 7.32. The number of hydrogen-bond acceptors (Lipinski definition) is 9. The number of aromatic nitrogens is 1. The number of halogens is 1. The number of aliphatic hydroxyl groups is 1. The van der Waals surface area contributed by atoms with Crippen LogP contribution in [0.25, 0.3) is 22.3 Å². The van der Waals surface area contributed by atoms with Crippen LogP contribution in [0.15, 0.2) is 85.2 Å². The first kappa shape index (κ1) is 43.6. The van der Waals surface area contributed by atoms with Gasteiger partial charge in [0.2, 0.25) is 0 Å². The zero-order valence-electron chi connectivity index (χ0n) is 34.4. The van der Waals surface area contributed by atoms with Crippen LogP contribution < -0.4 is 20.1 Å². The van der Waals surface area contributed by atoms with Crippen molar-refractivity contribution in [1.82, 2.24) is 15.6 Å². The number of carboxylic acids is 1. The summed E-state index contributed by atoms with van der Waals surface area (Å²) >= 11 is 6.81. The Hall–Kier alpha value is -5.93. The van der Waals surface area contributed by atoms with E-state index in [0.29, 0.717) is 52.9 Å². The summed E-state index contributed by atoms with van der Waals surface area (Å²) in [6.45, 7) is 9.15. The third-order valence-corrected chi connectivity index (χ3v) is 11.5. The normalized spacial score (nSPS) is 14.3. The number of aliphatic hydroxyl groups excluding tert-OH is 1. The highest BCUT2D eigenvalue weighted by Gasteiger charge is 2.32. The Morgan fingerprint density at radius 3 is 2.45 bits per heavy atom. The molecular formula is C48H51ClN4O7. The third kappa shape index (κ3) is 10.4. The number of fused-ring (bicyclic) bond motifs is 1. The summed E-state index contributed by atoms with van der Waals surface area (Å²) < 4.78 is 18.0. The van der Waals surface area contributed by atoms with Crippen molar-refractivity contribution in [3.8, 4) is 39.8 Å². The maximum atomic E-state index is 12.0. The van der Waals surface area contributed by atoms with Gasteiger partial charge in [0.15, 0.2) is 0 Å². The Morgan fingerprint density at radius 1 is 0.950 bits per heavy atom. The van der Waals surface area contributed by atoms with Crippen molar-refractivity contribution in [3.63, 3.8) is 0 Å². The first-order valence-corrected chi connectivity index (χ1v) is 20.5. The molecule has 1 unspecified atom stereocenters. The molecule has 0 spiro atoms. The van der Waals surface area contributed by atoms with Gasteiger partial charge in [-0.2, -0.15) is 5.26 Å². The maximum absolute atomic E-state index is 12.0. The lowest BCUT2D eigenvalue weighted by molar-refractivity contribution is -0.150. The molecule has 1 aliphatic heterocycles. The molecule has 2 atom stereocenters. The van der Waals surface area contributed by atoms with Gasteiger partial charge in [-0.25, -0.2) is 4.79 Å².